The Bertz CT molecular complexity index is 1480. The normalized spacial score (nSPS) is 16.5. The number of anilines is 2. The van der Waals surface area contributed by atoms with E-state index in [0.29, 0.717) is 53.5 Å². The third-order valence-electron chi connectivity index (χ3n) is 8.25. The first-order chi connectivity index (χ1) is 20.8. The van der Waals surface area contributed by atoms with E-state index in [4.69, 9.17) is 0 Å². The minimum atomic E-state index is -4.48. The van der Waals surface area contributed by atoms with Gasteiger partial charge in [0.05, 0.1) is 22.8 Å². The van der Waals surface area contributed by atoms with Gasteiger partial charge in [-0.25, -0.2) is 0 Å². The summed E-state index contributed by atoms with van der Waals surface area (Å²) in [6.45, 7) is 14.9. The molecule has 2 aromatic carbocycles. The maximum absolute atomic E-state index is 13.6. The van der Waals surface area contributed by atoms with Gasteiger partial charge < -0.3 is 10.2 Å². The molecule has 9 heteroatoms. The minimum absolute atomic E-state index is 0.316. The Balaban J connectivity index is 1.92. The van der Waals surface area contributed by atoms with E-state index < -0.39 is 34.3 Å². The standard InChI is InChI=1S/C36H43F6N3/c1-8-20-45-31-15-13-27(36(40,41)42)22-29(31)34(6,7)32(45)16-11-25(23-43)10-9-18-33(4,5)28-21-26(35(37,38)39)12-14-30(28)44-19-17-24(2)3/h9-16,21-22,24,44H,8,17-20H2,1-7H3/b10-9+,25-11-,32-16+. The van der Waals surface area contributed by atoms with Crippen LogP contribution in [0.25, 0.3) is 0 Å². The van der Waals surface area contributed by atoms with Crippen LogP contribution in [0.15, 0.2) is 72.0 Å². The van der Waals surface area contributed by atoms with Gasteiger partial charge in [0, 0.05) is 35.6 Å². The average Bonchev–Trinajstić information content (AvgIpc) is 3.14. The smallest absolute Gasteiger partial charge is 0.385 e. The lowest BCUT2D eigenvalue weighted by Gasteiger charge is -2.28. The van der Waals surface area contributed by atoms with E-state index in [9.17, 15) is 31.6 Å². The summed E-state index contributed by atoms with van der Waals surface area (Å²) in [5, 5.41) is 13.2. The second-order valence-electron chi connectivity index (χ2n) is 13.1. The molecule has 0 aliphatic carbocycles. The fraction of sp³-hybridized carbons (Fsp3) is 0.472. The van der Waals surface area contributed by atoms with E-state index in [2.05, 4.69) is 25.2 Å². The summed E-state index contributed by atoms with van der Waals surface area (Å²) in [4.78, 5) is 2.00. The number of benzene rings is 2. The van der Waals surface area contributed by atoms with Crippen molar-refractivity contribution in [3.05, 3.63) is 94.2 Å². The lowest BCUT2D eigenvalue weighted by atomic mass is 9.79. The summed E-state index contributed by atoms with van der Waals surface area (Å²) in [6.07, 6.45) is -0.104. The lowest BCUT2D eigenvalue weighted by molar-refractivity contribution is -0.138. The van der Waals surface area contributed by atoms with E-state index in [-0.39, 0.29) is 0 Å². The van der Waals surface area contributed by atoms with Crippen LogP contribution in [-0.4, -0.2) is 13.1 Å². The zero-order valence-corrected chi connectivity index (χ0v) is 27.0. The van der Waals surface area contributed by atoms with Crippen LogP contribution in [0.4, 0.5) is 37.7 Å². The molecule has 1 aliphatic rings. The highest BCUT2D eigenvalue weighted by atomic mass is 19.4. The van der Waals surface area contributed by atoms with Gasteiger partial charge in [-0.3, -0.25) is 0 Å². The van der Waals surface area contributed by atoms with Crippen molar-refractivity contribution in [3.8, 4) is 6.07 Å². The predicted octanol–water partition coefficient (Wildman–Crippen LogP) is 10.9. The average molecular weight is 632 g/mol. The zero-order valence-electron chi connectivity index (χ0n) is 27.0. The zero-order chi connectivity index (χ0) is 33.8. The Labute approximate surface area is 263 Å². The predicted molar refractivity (Wildman–Crippen MR) is 170 cm³/mol. The SMILES string of the molecule is CCCN1/C(=C/C=C(C#N)/C=C/CC(C)(C)c2cc(C(F)(F)F)ccc2NCCC(C)C)C(C)(C)c2cc(C(F)(F)F)ccc21. The van der Waals surface area contributed by atoms with E-state index in [1.807, 2.05) is 39.5 Å². The van der Waals surface area contributed by atoms with E-state index >= 15 is 0 Å². The van der Waals surface area contributed by atoms with Gasteiger partial charge in [-0.05, 0) is 96.3 Å². The molecule has 0 radical (unpaired) electrons. The molecule has 0 amide bonds. The van der Waals surface area contributed by atoms with Crippen LogP contribution >= 0.6 is 0 Å². The van der Waals surface area contributed by atoms with Gasteiger partial charge in [-0.2, -0.15) is 31.6 Å². The van der Waals surface area contributed by atoms with Gasteiger partial charge in [0.1, 0.15) is 0 Å². The molecule has 45 heavy (non-hydrogen) atoms. The highest BCUT2D eigenvalue weighted by Gasteiger charge is 2.42. The number of allylic oxidation sites excluding steroid dienone is 6. The van der Waals surface area contributed by atoms with E-state index in [1.54, 1.807) is 24.3 Å². The van der Waals surface area contributed by atoms with Crippen molar-refractivity contribution in [2.24, 2.45) is 5.92 Å². The lowest BCUT2D eigenvalue weighted by Crippen LogP contribution is -2.26. The highest BCUT2D eigenvalue weighted by molar-refractivity contribution is 5.71. The second-order valence-corrected chi connectivity index (χ2v) is 13.1. The number of nitrogens with zero attached hydrogens (tertiary/aromatic N) is 2. The number of alkyl halides is 6. The molecule has 1 heterocycles. The molecule has 2 aromatic rings. The van der Waals surface area contributed by atoms with Crippen molar-refractivity contribution >= 4 is 11.4 Å². The Kier molecular flexibility index (Phi) is 10.9. The third kappa shape index (κ3) is 8.53. The third-order valence-corrected chi connectivity index (χ3v) is 8.25. The number of nitriles is 1. The largest absolute Gasteiger partial charge is 0.416 e. The molecule has 0 spiro atoms. The number of hydrogen-bond acceptors (Lipinski definition) is 3. The van der Waals surface area contributed by atoms with Crippen LogP contribution in [0.5, 0.6) is 0 Å². The summed E-state index contributed by atoms with van der Waals surface area (Å²) in [5.74, 6) is 0.438. The molecule has 3 nitrogen and oxygen atoms in total. The van der Waals surface area contributed by atoms with Crippen LogP contribution in [0.2, 0.25) is 0 Å². The number of halogens is 6. The van der Waals surface area contributed by atoms with Gasteiger partial charge in [-0.15, -0.1) is 0 Å². The van der Waals surface area contributed by atoms with Crippen LogP contribution in [0.1, 0.15) is 90.0 Å². The molecule has 244 valence electrons. The van der Waals surface area contributed by atoms with Crippen molar-refractivity contribution in [1.82, 2.24) is 0 Å². The number of fused-ring (bicyclic) bond motifs is 1. The van der Waals surface area contributed by atoms with Crippen LogP contribution in [0, 0.1) is 17.2 Å². The van der Waals surface area contributed by atoms with Crippen molar-refractivity contribution in [3.63, 3.8) is 0 Å². The van der Waals surface area contributed by atoms with Gasteiger partial charge in [0.2, 0.25) is 0 Å². The Morgan fingerprint density at radius 3 is 2.20 bits per heavy atom. The van der Waals surface area contributed by atoms with Crippen molar-refractivity contribution < 1.29 is 26.3 Å². The summed E-state index contributed by atoms with van der Waals surface area (Å²) < 4.78 is 81.4. The summed E-state index contributed by atoms with van der Waals surface area (Å²) >= 11 is 0. The Morgan fingerprint density at radius 2 is 1.62 bits per heavy atom. The van der Waals surface area contributed by atoms with Crippen LogP contribution in [0.3, 0.4) is 0 Å². The van der Waals surface area contributed by atoms with E-state index in [1.165, 1.54) is 24.3 Å². The molecule has 3 rings (SSSR count). The number of nitrogens with one attached hydrogen (secondary N) is 1. The summed E-state index contributed by atoms with van der Waals surface area (Å²) in [5.41, 5.74) is 0.710. The molecule has 1 aliphatic heterocycles. The molecule has 0 unspecified atom stereocenters. The summed E-state index contributed by atoms with van der Waals surface area (Å²) in [6, 6.07) is 9.73. The topological polar surface area (TPSA) is 39.1 Å². The molecular formula is C36H43F6N3. The molecule has 0 saturated heterocycles. The molecular weight excluding hydrogens is 588 g/mol. The van der Waals surface area contributed by atoms with Gasteiger partial charge >= 0.3 is 12.4 Å². The van der Waals surface area contributed by atoms with Gasteiger partial charge in [0.25, 0.3) is 0 Å². The molecule has 0 fully saturated rings. The summed E-state index contributed by atoms with van der Waals surface area (Å²) in [7, 11) is 0. The molecule has 1 N–H and O–H groups in total. The highest BCUT2D eigenvalue weighted by Crippen LogP contribution is 2.49. The maximum Gasteiger partial charge on any atom is 0.416 e. The molecule has 0 aromatic heterocycles. The van der Waals surface area contributed by atoms with Gasteiger partial charge in [0.15, 0.2) is 0 Å². The first kappa shape index (κ1) is 35.8. The Morgan fingerprint density at radius 1 is 1.00 bits per heavy atom. The number of hydrogen-bond donors (Lipinski definition) is 1. The monoisotopic (exact) mass is 631 g/mol. The quantitative estimate of drug-likeness (QED) is 0.152. The first-order valence-electron chi connectivity index (χ1n) is 15.3. The first-order valence-corrected chi connectivity index (χ1v) is 15.3. The van der Waals surface area contributed by atoms with E-state index in [0.717, 1.165) is 30.7 Å². The second kappa shape index (κ2) is 13.8. The van der Waals surface area contributed by atoms with Crippen molar-refractivity contribution in [2.45, 2.75) is 90.9 Å². The van der Waals surface area contributed by atoms with Crippen LogP contribution < -0.4 is 10.2 Å². The minimum Gasteiger partial charge on any atom is -0.385 e. The van der Waals surface area contributed by atoms with Crippen molar-refractivity contribution in [2.75, 3.05) is 23.3 Å². The molecule has 0 atom stereocenters. The van der Waals surface area contributed by atoms with Crippen molar-refractivity contribution in [1.29, 1.82) is 5.26 Å². The Hall–Kier alpha value is -3.67. The molecule has 0 saturated carbocycles. The number of rotatable bonds is 11. The van der Waals surface area contributed by atoms with Gasteiger partial charge in [-0.1, -0.05) is 54.5 Å². The fourth-order valence-corrected chi connectivity index (χ4v) is 5.64. The fourth-order valence-electron chi connectivity index (χ4n) is 5.64. The molecule has 0 bridgehead atoms. The van der Waals surface area contributed by atoms with Crippen LogP contribution in [-0.2, 0) is 23.2 Å². The maximum atomic E-state index is 13.6.